The summed E-state index contributed by atoms with van der Waals surface area (Å²) in [5, 5.41) is 0. The lowest BCUT2D eigenvalue weighted by atomic mass is 10.1. The van der Waals surface area contributed by atoms with Gasteiger partial charge >= 0.3 is 0 Å². The average Bonchev–Trinajstić information content (AvgIpc) is 2.50. The zero-order valence-corrected chi connectivity index (χ0v) is 12.6. The van der Waals surface area contributed by atoms with Crippen molar-refractivity contribution >= 4 is 0 Å². The van der Waals surface area contributed by atoms with Gasteiger partial charge in [0.25, 0.3) is 0 Å². The van der Waals surface area contributed by atoms with Crippen molar-refractivity contribution in [2.45, 2.75) is 46.1 Å². The summed E-state index contributed by atoms with van der Waals surface area (Å²) >= 11 is 0. The summed E-state index contributed by atoms with van der Waals surface area (Å²) in [7, 11) is 1.70. The van der Waals surface area contributed by atoms with E-state index >= 15 is 0 Å². The molecular formula is C16H26O3. The van der Waals surface area contributed by atoms with Crippen LogP contribution in [0, 0.1) is 0 Å². The molecule has 0 radical (unpaired) electrons. The van der Waals surface area contributed by atoms with Gasteiger partial charge in [-0.05, 0) is 18.1 Å². The maximum Gasteiger partial charge on any atom is 0.125 e. The number of ether oxygens (including phenoxy) is 3. The van der Waals surface area contributed by atoms with Gasteiger partial charge in [-0.3, -0.25) is 0 Å². The fourth-order valence-corrected chi connectivity index (χ4v) is 2.08. The van der Waals surface area contributed by atoms with E-state index in [4.69, 9.17) is 14.2 Å². The normalized spacial score (nSPS) is 15.4. The molecule has 3 nitrogen and oxygen atoms in total. The molecule has 108 valence electrons. The molecule has 1 fully saturated rings. The lowest BCUT2D eigenvalue weighted by molar-refractivity contribution is 0.0255. The highest BCUT2D eigenvalue weighted by atomic mass is 16.5. The monoisotopic (exact) mass is 266 g/mol. The molecule has 0 spiro atoms. The van der Waals surface area contributed by atoms with Gasteiger partial charge in [-0.1, -0.05) is 26.8 Å². The van der Waals surface area contributed by atoms with Crippen LogP contribution >= 0.6 is 0 Å². The van der Waals surface area contributed by atoms with Gasteiger partial charge in [-0.2, -0.15) is 0 Å². The van der Waals surface area contributed by atoms with Crippen molar-refractivity contribution in [3.8, 4) is 11.5 Å². The number of aryl methyl sites for hydroxylation is 1. The van der Waals surface area contributed by atoms with Gasteiger partial charge in [-0.25, -0.2) is 0 Å². The van der Waals surface area contributed by atoms with E-state index in [2.05, 4.69) is 13.0 Å². The molecule has 0 amide bonds. The van der Waals surface area contributed by atoms with E-state index in [0.717, 1.165) is 44.0 Å². The van der Waals surface area contributed by atoms with Crippen molar-refractivity contribution < 1.29 is 14.2 Å². The predicted octanol–water partition coefficient (Wildman–Crippen LogP) is 3.84. The van der Waals surface area contributed by atoms with Crippen molar-refractivity contribution in [2.24, 2.45) is 0 Å². The summed E-state index contributed by atoms with van der Waals surface area (Å²) in [4.78, 5) is 0. The molecule has 1 aliphatic rings. The first-order chi connectivity index (χ1) is 9.33. The van der Waals surface area contributed by atoms with Gasteiger partial charge < -0.3 is 14.2 Å². The highest BCUT2D eigenvalue weighted by Crippen LogP contribution is 2.27. The molecule has 0 aromatic heterocycles. The van der Waals surface area contributed by atoms with E-state index in [9.17, 15) is 0 Å². The second-order valence-electron chi connectivity index (χ2n) is 4.26. The summed E-state index contributed by atoms with van der Waals surface area (Å²) in [5.41, 5.74) is 1.21. The third-order valence-corrected chi connectivity index (χ3v) is 3.11. The molecule has 0 aliphatic carbocycles. The summed E-state index contributed by atoms with van der Waals surface area (Å²) in [6.07, 6.45) is 3.19. The van der Waals surface area contributed by atoms with Gasteiger partial charge in [0.2, 0.25) is 0 Å². The van der Waals surface area contributed by atoms with Crippen LogP contribution < -0.4 is 9.47 Å². The minimum Gasteiger partial charge on any atom is -0.496 e. The summed E-state index contributed by atoms with van der Waals surface area (Å²) < 4.78 is 16.6. The molecule has 0 atom stereocenters. The number of rotatable bonds is 4. The lowest BCUT2D eigenvalue weighted by Gasteiger charge is -2.23. The third-order valence-electron chi connectivity index (χ3n) is 3.11. The smallest absolute Gasteiger partial charge is 0.125 e. The Labute approximate surface area is 116 Å². The van der Waals surface area contributed by atoms with Crippen LogP contribution in [0.1, 0.15) is 39.2 Å². The fourth-order valence-electron chi connectivity index (χ4n) is 2.08. The molecular weight excluding hydrogens is 240 g/mol. The maximum absolute atomic E-state index is 5.94. The number of hydrogen-bond acceptors (Lipinski definition) is 3. The molecule has 19 heavy (non-hydrogen) atoms. The van der Waals surface area contributed by atoms with Crippen LogP contribution in [0.4, 0.5) is 0 Å². The van der Waals surface area contributed by atoms with Gasteiger partial charge in [0.05, 0.1) is 20.3 Å². The second-order valence-corrected chi connectivity index (χ2v) is 4.26. The molecule has 1 aromatic rings. The van der Waals surface area contributed by atoms with E-state index in [1.165, 1.54) is 5.56 Å². The topological polar surface area (TPSA) is 27.7 Å². The Morgan fingerprint density at radius 2 is 1.89 bits per heavy atom. The zero-order chi connectivity index (χ0) is 14.1. The summed E-state index contributed by atoms with van der Waals surface area (Å²) in [6.45, 7) is 7.72. The van der Waals surface area contributed by atoms with E-state index in [0.29, 0.717) is 0 Å². The summed E-state index contributed by atoms with van der Waals surface area (Å²) in [6, 6.07) is 6.08. The molecule has 1 aromatic carbocycles. The summed E-state index contributed by atoms with van der Waals surface area (Å²) in [5.74, 6) is 1.81. The first-order valence-electron chi connectivity index (χ1n) is 7.24. The Kier molecular flexibility index (Phi) is 7.34. The second kappa shape index (κ2) is 8.81. The van der Waals surface area contributed by atoms with Gasteiger partial charge in [0, 0.05) is 18.9 Å². The van der Waals surface area contributed by atoms with Crippen molar-refractivity contribution in [3.63, 3.8) is 0 Å². The van der Waals surface area contributed by atoms with Crippen LogP contribution in [0.25, 0.3) is 0 Å². The average molecular weight is 266 g/mol. The molecule has 2 rings (SSSR count). The lowest BCUT2D eigenvalue weighted by Crippen LogP contribution is -2.25. The van der Waals surface area contributed by atoms with Crippen LogP contribution in [-0.4, -0.2) is 26.4 Å². The van der Waals surface area contributed by atoms with Crippen LogP contribution in [0.5, 0.6) is 11.5 Å². The SMILES string of the molecule is CC.CCc1ccc(OC2CCOCC2)cc1OC. The molecule has 0 bridgehead atoms. The Hall–Kier alpha value is -1.22. The molecule has 0 saturated carbocycles. The van der Waals surface area contributed by atoms with Crippen molar-refractivity contribution in [1.29, 1.82) is 0 Å². The Morgan fingerprint density at radius 1 is 1.21 bits per heavy atom. The zero-order valence-electron chi connectivity index (χ0n) is 12.6. The van der Waals surface area contributed by atoms with Crippen LogP contribution in [-0.2, 0) is 11.2 Å². The van der Waals surface area contributed by atoms with Crippen LogP contribution in [0.15, 0.2) is 18.2 Å². The van der Waals surface area contributed by atoms with E-state index in [1.54, 1.807) is 7.11 Å². The Morgan fingerprint density at radius 3 is 2.47 bits per heavy atom. The highest BCUT2D eigenvalue weighted by Gasteiger charge is 2.15. The standard InChI is InChI=1S/C14H20O3.C2H6/c1-3-11-4-5-13(10-14(11)15-2)17-12-6-8-16-9-7-12;1-2/h4-5,10,12H,3,6-9H2,1-2H3;1-2H3. The first-order valence-corrected chi connectivity index (χ1v) is 7.24. The van der Waals surface area contributed by atoms with E-state index < -0.39 is 0 Å². The maximum atomic E-state index is 5.94. The quantitative estimate of drug-likeness (QED) is 0.828. The van der Waals surface area contributed by atoms with Crippen molar-refractivity contribution in [3.05, 3.63) is 23.8 Å². The van der Waals surface area contributed by atoms with Gasteiger partial charge in [0.1, 0.15) is 17.6 Å². The molecule has 1 saturated heterocycles. The number of hydrogen-bond donors (Lipinski definition) is 0. The van der Waals surface area contributed by atoms with E-state index in [-0.39, 0.29) is 6.10 Å². The minimum absolute atomic E-state index is 0.279. The molecule has 0 unspecified atom stereocenters. The number of benzene rings is 1. The molecule has 1 aliphatic heterocycles. The largest absolute Gasteiger partial charge is 0.496 e. The Bertz CT molecular complexity index is 357. The molecule has 3 heteroatoms. The molecule has 1 heterocycles. The predicted molar refractivity (Wildman–Crippen MR) is 78.2 cm³/mol. The van der Waals surface area contributed by atoms with Gasteiger partial charge in [0.15, 0.2) is 0 Å². The van der Waals surface area contributed by atoms with Crippen LogP contribution in [0.3, 0.4) is 0 Å². The highest BCUT2D eigenvalue weighted by molar-refractivity contribution is 5.40. The first kappa shape index (κ1) is 15.8. The number of methoxy groups -OCH3 is 1. The van der Waals surface area contributed by atoms with Gasteiger partial charge in [-0.15, -0.1) is 0 Å². The van der Waals surface area contributed by atoms with Crippen molar-refractivity contribution in [2.75, 3.05) is 20.3 Å². The molecule has 0 N–H and O–H groups in total. The van der Waals surface area contributed by atoms with E-state index in [1.807, 2.05) is 26.0 Å². The fraction of sp³-hybridized carbons (Fsp3) is 0.625. The minimum atomic E-state index is 0.279. The third kappa shape index (κ3) is 4.75. The van der Waals surface area contributed by atoms with Crippen LogP contribution in [0.2, 0.25) is 0 Å². The van der Waals surface area contributed by atoms with Crippen molar-refractivity contribution in [1.82, 2.24) is 0 Å². The Balaban J connectivity index is 0.000000861.